The zero-order valence-electron chi connectivity index (χ0n) is 9.13. The lowest BCUT2D eigenvalue weighted by Crippen LogP contribution is -2.34. The number of nitrogens with zero attached hydrogens (tertiary/aromatic N) is 1. The van der Waals surface area contributed by atoms with Crippen LogP contribution in [0.3, 0.4) is 0 Å². The third-order valence-electron chi connectivity index (χ3n) is 3.62. The standard InChI is InChI=1S/C10H17NO4S/c12-10(13)9-4-1-3-8(9)7-11-5-2-6-16(11,14)15/h8-9H,1-7H2,(H,12,13). The van der Waals surface area contributed by atoms with Crippen molar-refractivity contribution in [1.29, 1.82) is 0 Å². The van der Waals surface area contributed by atoms with Crippen LogP contribution in [0.4, 0.5) is 0 Å². The van der Waals surface area contributed by atoms with Crippen LogP contribution in [0.2, 0.25) is 0 Å². The molecule has 1 N–H and O–H groups in total. The molecule has 2 fully saturated rings. The van der Waals surface area contributed by atoms with Crippen LogP contribution in [0, 0.1) is 11.8 Å². The molecule has 0 amide bonds. The van der Waals surface area contributed by atoms with Crippen molar-refractivity contribution in [2.75, 3.05) is 18.8 Å². The number of carboxylic acid groups (broad SMARTS) is 1. The van der Waals surface area contributed by atoms with Crippen molar-refractivity contribution in [3.63, 3.8) is 0 Å². The number of sulfonamides is 1. The Bertz CT molecular complexity index is 378. The van der Waals surface area contributed by atoms with Gasteiger partial charge in [-0.25, -0.2) is 12.7 Å². The smallest absolute Gasteiger partial charge is 0.306 e. The van der Waals surface area contributed by atoms with E-state index in [1.54, 1.807) is 0 Å². The first-order valence-electron chi connectivity index (χ1n) is 5.71. The van der Waals surface area contributed by atoms with Gasteiger partial charge in [0.2, 0.25) is 10.0 Å². The highest BCUT2D eigenvalue weighted by Crippen LogP contribution is 2.33. The summed E-state index contributed by atoms with van der Waals surface area (Å²) in [6.07, 6.45) is 3.10. The Morgan fingerprint density at radius 3 is 2.62 bits per heavy atom. The van der Waals surface area contributed by atoms with Gasteiger partial charge in [-0.15, -0.1) is 0 Å². The lowest BCUT2D eigenvalue weighted by molar-refractivity contribution is -0.143. The van der Waals surface area contributed by atoms with Crippen LogP contribution in [-0.2, 0) is 14.8 Å². The molecular formula is C10H17NO4S. The van der Waals surface area contributed by atoms with E-state index in [2.05, 4.69) is 0 Å². The van der Waals surface area contributed by atoms with Gasteiger partial charge in [0.25, 0.3) is 0 Å². The van der Waals surface area contributed by atoms with Crippen LogP contribution in [-0.4, -0.2) is 42.6 Å². The van der Waals surface area contributed by atoms with Crippen molar-refractivity contribution in [3.8, 4) is 0 Å². The van der Waals surface area contributed by atoms with E-state index in [1.807, 2.05) is 0 Å². The number of carbonyl (C=O) groups is 1. The number of carboxylic acids is 1. The first-order chi connectivity index (χ1) is 7.50. The van der Waals surface area contributed by atoms with E-state index in [9.17, 15) is 13.2 Å². The van der Waals surface area contributed by atoms with Crippen LogP contribution in [0.25, 0.3) is 0 Å². The molecule has 0 aromatic carbocycles. The summed E-state index contributed by atoms with van der Waals surface area (Å²) in [6, 6.07) is 0. The van der Waals surface area contributed by atoms with Crippen molar-refractivity contribution in [2.24, 2.45) is 11.8 Å². The molecule has 1 saturated carbocycles. The maximum atomic E-state index is 11.6. The summed E-state index contributed by atoms with van der Waals surface area (Å²) in [6.45, 7) is 0.963. The zero-order chi connectivity index (χ0) is 11.8. The molecule has 1 saturated heterocycles. The minimum atomic E-state index is -3.08. The second-order valence-electron chi connectivity index (χ2n) is 4.66. The first-order valence-corrected chi connectivity index (χ1v) is 7.32. The van der Waals surface area contributed by atoms with Gasteiger partial charge >= 0.3 is 5.97 Å². The average Bonchev–Trinajstić information content (AvgIpc) is 2.74. The highest BCUT2D eigenvalue weighted by molar-refractivity contribution is 7.89. The van der Waals surface area contributed by atoms with Crippen LogP contribution in [0.1, 0.15) is 25.7 Å². The van der Waals surface area contributed by atoms with Crippen molar-refractivity contribution >= 4 is 16.0 Å². The van der Waals surface area contributed by atoms with Crippen molar-refractivity contribution in [3.05, 3.63) is 0 Å². The lowest BCUT2D eigenvalue weighted by atomic mass is 9.96. The minimum Gasteiger partial charge on any atom is -0.481 e. The highest BCUT2D eigenvalue weighted by atomic mass is 32.2. The predicted molar refractivity (Wildman–Crippen MR) is 58.4 cm³/mol. The molecule has 92 valence electrons. The van der Waals surface area contributed by atoms with Crippen LogP contribution in [0.5, 0.6) is 0 Å². The third-order valence-corrected chi connectivity index (χ3v) is 5.54. The number of aliphatic carboxylic acids is 1. The molecule has 16 heavy (non-hydrogen) atoms. The van der Waals surface area contributed by atoms with E-state index in [0.29, 0.717) is 25.9 Å². The van der Waals surface area contributed by atoms with Gasteiger partial charge in [-0.3, -0.25) is 4.79 Å². The lowest BCUT2D eigenvalue weighted by Gasteiger charge is -2.21. The Labute approximate surface area is 95.5 Å². The first kappa shape index (κ1) is 11.9. The largest absolute Gasteiger partial charge is 0.481 e. The summed E-state index contributed by atoms with van der Waals surface area (Å²) in [7, 11) is -3.08. The maximum Gasteiger partial charge on any atom is 0.306 e. The fourth-order valence-electron chi connectivity index (χ4n) is 2.74. The number of rotatable bonds is 3. The molecule has 0 radical (unpaired) electrons. The molecule has 5 nitrogen and oxygen atoms in total. The molecule has 2 atom stereocenters. The van der Waals surface area contributed by atoms with E-state index in [4.69, 9.17) is 5.11 Å². The fraction of sp³-hybridized carbons (Fsp3) is 0.900. The van der Waals surface area contributed by atoms with E-state index >= 15 is 0 Å². The van der Waals surface area contributed by atoms with Gasteiger partial charge in [0.05, 0.1) is 11.7 Å². The van der Waals surface area contributed by atoms with Gasteiger partial charge in [-0.05, 0) is 25.2 Å². The molecule has 0 bridgehead atoms. The van der Waals surface area contributed by atoms with Gasteiger partial charge in [0, 0.05) is 13.1 Å². The minimum absolute atomic E-state index is 0.00498. The molecule has 6 heteroatoms. The second-order valence-corrected chi connectivity index (χ2v) is 6.75. The molecule has 0 spiro atoms. The SMILES string of the molecule is O=C(O)C1CCCC1CN1CCCS1(=O)=O. The second kappa shape index (κ2) is 4.33. The Balaban J connectivity index is 2.02. The molecular weight excluding hydrogens is 230 g/mol. The Hall–Kier alpha value is -0.620. The van der Waals surface area contributed by atoms with Crippen LogP contribution < -0.4 is 0 Å². The van der Waals surface area contributed by atoms with E-state index in [1.165, 1.54) is 4.31 Å². The summed E-state index contributed by atoms with van der Waals surface area (Å²) < 4.78 is 24.7. The van der Waals surface area contributed by atoms with Gasteiger partial charge < -0.3 is 5.11 Å². The molecule has 0 aromatic rings. The Morgan fingerprint density at radius 2 is 2.06 bits per heavy atom. The van der Waals surface area contributed by atoms with E-state index in [0.717, 1.165) is 12.8 Å². The molecule has 1 heterocycles. The number of hydrogen-bond donors (Lipinski definition) is 1. The van der Waals surface area contributed by atoms with Gasteiger partial charge in [-0.1, -0.05) is 6.42 Å². The summed E-state index contributed by atoms with van der Waals surface area (Å²) in [5, 5.41) is 9.02. The third kappa shape index (κ3) is 2.22. The summed E-state index contributed by atoms with van der Waals surface area (Å²) in [5.41, 5.74) is 0. The molecule has 2 rings (SSSR count). The quantitative estimate of drug-likeness (QED) is 0.789. The fourth-order valence-corrected chi connectivity index (χ4v) is 4.32. The number of hydrogen-bond acceptors (Lipinski definition) is 3. The summed E-state index contributed by atoms with van der Waals surface area (Å²) >= 11 is 0. The van der Waals surface area contributed by atoms with E-state index < -0.39 is 16.0 Å². The summed E-state index contributed by atoms with van der Waals surface area (Å²) in [4.78, 5) is 11.0. The highest BCUT2D eigenvalue weighted by Gasteiger charge is 2.37. The van der Waals surface area contributed by atoms with Gasteiger partial charge in [-0.2, -0.15) is 0 Å². The molecule has 1 aliphatic heterocycles. The maximum absolute atomic E-state index is 11.6. The Kier molecular flexibility index (Phi) is 3.21. The Morgan fingerprint density at radius 1 is 1.31 bits per heavy atom. The molecule has 1 aliphatic carbocycles. The normalized spacial score (nSPS) is 34.2. The molecule has 2 unspecified atom stereocenters. The predicted octanol–water partition coefficient (Wildman–Crippen LogP) is 0.523. The van der Waals surface area contributed by atoms with Gasteiger partial charge in [0.1, 0.15) is 0 Å². The topological polar surface area (TPSA) is 74.7 Å². The summed E-state index contributed by atoms with van der Waals surface area (Å²) in [5.74, 6) is -0.905. The van der Waals surface area contributed by atoms with Crippen LogP contribution >= 0.6 is 0 Å². The van der Waals surface area contributed by atoms with E-state index in [-0.39, 0.29) is 17.6 Å². The molecule has 0 aromatic heterocycles. The monoisotopic (exact) mass is 247 g/mol. The van der Waals surface area contributed by atoms with Crippen molar-refractivity contribution in [1.82, 2.24) is 4.31 Å². The van der Waals surface area contributed by atoms with Crippen LogP contribution in [0.15, 0.2) is 0 Å². The average molecular weight is 247 g/mol. The zero-order valence-corrected chi connectivity index (χ0v) is 9.95. The van der Waals surface area contributed by atoms with Gasteiger partial charge in [0.15, 0.2) is 0 Å². The van der Waals surface area contributed by atoms with Crippen molar-refractivity contribution < 1.29 is 18.3 Å². The molecule has 2 aliphatic rings. The van der Waals surface area contributed by atoms with Crippen molar-refractivity contribution in [2.45, 2.75) is 25.7 Å².